The molecule has 5 rings (SSSR count). The number of esters is 1. The van der Waals surface area contributed by atoms with Gasteiger partial charge in [0.1, 0.15) is 6.10 Å². The van der Waals surface area contributed by atoms with E-state index in [0.717, 1.165) is 10.6 Å². The number of hydrogen-bond donors (Lipinski definition) is 1. The van der Waals surface area contributed by atoms with Crippen molar-refractivity contribution in [1.82, 2.24) is 24.6 Å². The van der Waals surface area contributed by atoms with Gasteiger partial charge in [-0.25, -0.2) is 4.98 Å². The number of carbonyl (C=O) groups is 2. The fraction of sp³-hybridized carbons (Fsp3) is 0.400. The summed E-state index contributed by atoms with van der Waals surface area (Å²) in [5.41, 5.74) is 0.857. The molecule has 3 aromatic heterocycles. The van der Waals surface area contributed by atoms with Gasteiger partial charge in [-0.2, -0.15) is 5.10 Å². The summed E-state index contributed by atoms with van der Waals surface area (Å²) >= 11 is 1.57. The monoisotopic (exact) mass is 411 g/mol. The first-order chi connectivity index (χ1) is 14.1. The van der Waals surface area contributed by atoms with Crippen LogP contribution < -0.4 is 0 Å². The molecule has 0 radical (unpaired) electrons. The van der Waals surface area contributed by atoms with E-state index in [0.29, 0.717) is 44.5 Å². The molecule has 1 atom stereocenters. The molecule has 8 nitrogen and oxygen atoms in total. The Balaban J connectivity index is 1.25. The predicted octanol–water partition coefficient (Wildman–Crippen LogP) is 2.57. The van der Waals surface area contributed by atoms with Crippen LogP contribution in [0.1, 0.15) is 29.6 Å². The first-order valence-corrected chi connectivity index (χ1v) is 10.6. The summed E-state index contributed by atoms with van der Waals surface area (Å²) in [6.07, 6.45) is 8.72. The van der Waals surface area contributed by atoms with E-state index in [2.05, 4.69) is 15.2 Å². The van der Waals surface area contributed by atoms with Crippen molar-refractivity contribution in [2.75, 3.05) is 13.1 Å². The van der Waals surface area contributed by atoms with Gasteiger partial charge in [0, 0.05) is 31.9 Å². The van der Waals surface area contributed by atoms with Gasteiger partial charge in [-0.15, -0.1) is 11.3 Å². The third kappa shape index (κ3) is 3.25. The number of nitrogens with zero attached hydrogens (tertiary/aromatic N) is 4. The molecule has 29 heavy (non-hydrogen) atoms. The molecule has 0 aliphatic carbocycles. The summed E-state index contributed by atoms with van der Waals surface area (Å²) < 4.78 is 7.59. The summed E-state index contributed by atoms with van der Waals surface area (Å²) in [5, 5.41) is 8.99. The van der Waals surface area contributed by atoms with E-state index in [1.165, 1.54) is 0 Å². The van der Waals surface area contributed by atoms with Gasteiger partial charge in [-0.3, -0.25) is 14.7 Å². The number of H-pyrrole nitrogens is 1. The van der Waals surface area contributed by atoms with Gasteiger partial charge < -0.3 is 14.2 Å². The normalized spacial score (nSPS) is 20.9. The van der Waals surface area contributed by atoms with Crippen LogP contribution in [0.15, 0.2) is 42.4 Å². The van der Waals surface area contributed by atoms with Crippen LogP contribution in [0.25, 0.3) is 10.6 Å². The number of ether oxygens (including phenoxy) is 1. The minimum Gasteiger partial charge on any atom is -0.460 e. The molecule has 1 N–H and O–H groups in total. The minimum absolute atomic E-state index is 0.0432. The molecule has 2 aliphatic heterocycles. The zero-order valence-corrected chi connectivity index (χ0v) is 16.6. The van der Waals surface area contributed by atoms with Crippen LogP contribution in [-0.4, -0.2) is 55.7 Å². The number of aromatic nitrogens is 4. The lowest BCUT2D eigenvalue weighted by atomic mass is 9.76. The maximum atomic E-state index is 13.1. The second kappa shape index (κ2) is 7.14. The number of piperidine rings is 1. The highest BCUT2D eigenvalue weighted by Crippen LogP contribution is 2.43. The predicted molar refractivity (Wildman–Crippen MR) is 106 cm³/mol. The first-order valence-electron chi connectivity index (χ1n) is 9.68. The van der Waals surface area contributed by atoms with E-state index in [-0.39, 0.29) is 18.0 Å². The third-order valence-corrected chi connectivity index (χ3v) is 6.83. The number of imidazole rings is 1. The maximum absolute atomic E-state index is 13.1. The standard InChI is InChI=1S/C20H21N5O3S/c26-18(15-11-22-23-17(15)16-2-1-9-29-16)25-6-3-20(4-7-25)10-14(28-19(20)27)12-24-8-5-21-13-24/h1-2,5,8-9,11,13-14H,3-4,6-7,10,12H2,(H,22,23). The third-order valence-electron chi connectivity index (χ3n) is 5.94. The smallest absolute Gasteiger partial charge is 0.312 e. The molecule has 5 heterocycles. The van der Waals surface area contributed by atoms with Crippen molar-refractivity contribution in [3.05, 3.63) is 48.0 Å². The first kappa shape index (κ1) is 18.1. The number of aromatic amines is 1. The molecular weight excluding hydrogens is 390 g/mol. The van der Waals surface area contributed by atoms with Crippen LogP contribution in [0.2, 0.25) is 0 Å². The molecule has 0 bridgehead atoms. The lowest BCUT2D eigenvalue weighted by molar-refractivity contribution is -0.150. The zero-order chi connectivity index (χ0) is 19.8. The summed E-state index contributed by atoms with van der Waals surface area (Å²) in [4.78, 5) is 32.6. The molecule has 3 aromatic rings. The maximum Gasteiger partial charge on any atom is 0.312 e. The molecule has 0 saturated carbocycles. The van der Waals surface area contributed by atoms with Crippen LogP contribution in [0.5, 0.6) is 0 Å². The minimum atomic E-state index is -0.477. The van der Waals surface area contributed by atoms with E-state index < -0.39 is 5.41 Å². The highest BCUT2D eigenvalue weighted by atomic mass is 32.1. The number of cyclic esters (lactones) is 1. The van der Waals surface area contributed by atoms with Gasteiger partial charge in [0.05, 0.1) is 40.6 Å². The van der Waals surface area contributed by atoms with Crippen molar-refractivity contribution >= 4 is 23.2 Å². The number of carbonyl (C=O) groups excluding carboxylic acids is 2. The van der Waals surface area contributed by atoms with Gasteiger partial charge in [-0.05, 0) is 24.3 Å². The Kier molecular flexibility index (Phi) is 4.46. The quantitative estimate of drug-likeness (QED) is 0.666. The number of amides is 1. The Morgan fingerprint density at radius 1 is 1.38 bits per heavy atom. The molecule has 9 heteroatoms. The summed E-state index contributed by atoms with van der Waals surface area (Å²) in [7, 11) is 0. The van der Waals surface area contributed by atoms with Crippen molar-refractivity contribution < 1.29 is 14.3 Å². The number of thiophene rings is 1. The number of nitrogens with one attached hydrogen (secondary N) is 1. The summed E-state index contributed by atoms with van der Waals surface area (Å²) in [6.45, 7) is 1.71. The van der Waals surface area contributed by atoms with Gasteiger partial charge >= 0.3 is 5.97 Å². The second-order valence-corrected chi connectivity index (χ2v) is 8.65. The second-order valence-electron chi connectivity index (χ2n) is 7.70. The molecule has 2 aliphatic rings. The van der Waals surface area contributed by atoms with Crippen LogP contribution in [0, 0.1) is 5.41 Å². The molecule has 150 valence electrons. The van der Waals surface area contributed by atoms with E-state index in [4.69, 9.17) is 4.74 Å². The highest BCUT2D eigenvalue weighted by Gasteiger charge is 2.51. The fourth-order valence-corrected chi connectivity index (χ4v) is 5.08. The summed E-state index contributed by atoms with van der Waals surface area (Å²) in [5.74, 6) is -0.171. The molecular formula is C20H21N5O3S. The Morgan fingerprint density at radius 3 is 2.97 bits per heavy atom. The average molecular weight is 411 g/mol. The van der Waals surface area contributed by atoms with Crippen molar-refractivity contribution in [3.63, 3.8) is 0 Å². The number of hydrogen-bond acceptors (Lipinski definition) is 6. The molecule has 2 fully saturated rings. The van der Waals surface area contributed by atoms with Gasteiger partial charge in [-0.1, -0.05) is 6.07 Å². The van der Waals surface area contributed by atoms with Crippen LogP contribution >= 0.6 is 11.3 Å². The van der Waals surface area contributed by atoms with Crippen LogP contribution in [-0.2, 0) is 16.1 Å². The summed E-state index contributed by atoms with van der Waals surface area (Å²) in [6, 6.07) is 3.92. The zero-order valence-electron chi connectivity index (χ0n) is 15.8. The van der Waals surface area contributed by atoms with Crippen molar-refractivity contribution in [2.24, 2.45) is 5.41 Å². The number of likely N-dealkylation sites (tertiary alicyclic amines) is 1. The Hall–Kier alpha value is -2.94. The molecule has 1 amide bonds. The Labute approximate surface area is 171 Å². The lowest BCUT2D eigenvalue weighted by Crippen LogP contribution is -2.45. The van der Waals surface area contributed by atoms with Gasteiger partial charge in [0.15, 0.2) is 0 Å². The van der Waals surface area contributed by atoms with Crippen molar-refractivity contribution in [1.29, 1.82) is 0 Å². The molecule has 1 spiro atoms. The van der Waals surface area contributed by atoms with Crippen LogP contribution in [0.3, 0.4) is 0 Å². The van der Waals surface area contributed by atoms with E-state index >= 15 is 0 Å². The van der Waals surface area contributed by atoms with E-state index in [1.807, 2.05) is 33.2 Å². The Bertz CT molecular complexity index is 1000. The highest BCUT2D eigenvalue weighted by molar-refractivity contribution is 7.13. The largest absolute Gasteiger partial charge is 0.460 e. The topological polar surface area (TPSA) is 93.1 Å². The SMILES string of the molecule is O=C(c1cn[nH]c1-c1cccs1)N1CCC2(CC1)CC(Cn1ccnc1)OC2=O. The van der Waals surface area contributed by atoms with Crippen molar-refractivity contribution in [3.8, 4) is 10.6 Å². The molecule has 2 saturated heterocycles. The Morgan fingerprint density at radius 2 is 2.24 bits per heavy atom. The van der Waals surface area contributed by atoms with E-state index in [1.54, 1.807) is 30.1 Å². The average Bonchev–Trinajstić information content (AvgIpc) is 3.51. The van der Waals surface area contributed by atoms with Gasteiger partial charge in [0.2, 0.25) is 0 Å². The van der Waals surface area contributed by atoms with E-state index in [9.17, 15) is 9.59 Å². The molecule has 1 unspecified atom stereocenters. The van der Waals surface area contributed by atoms with Gasteiger partial charge in [0.25, 0.3) is 5.91 Å². The molecule has 0 aromatic carbocycles. The van der Waals surface area contributed by atoms with Crippen LogP contribution in [0.4, 0.5) is 0 Å². The lowest BCUT2D eigenvalue weighted by Gasteiger charge is -2.36. The fourth-order valence-electron chi connectivity index (χ4n) is 4.34. The number of rotatable bonds is 4. The van der Waals surface area contributed by atoms with Crippen molar-refractivity contribution in [2.45, 2.75) is 31.9 Å².